The van der Waals surface area contributed by atoms with Crippen LogP contribution in [-0.2, 0) is 0 Å². The third-order valence-electron chi connectivity index (χ3n) is 1.74. The molecule has 0 aliphatic carbocycles. The Bertz CT molecular complexity index is 329. The molecule has 0 saturated heterocycles. The van der Waals surface area contributed by atoms with E-state index in [0.717, 1.165) is 3.57 Å². The highest BCUT2D eigenvalue weighted by molar-refractivity contribution is 14.1. The second-order valence-corrected chi connectivity index (χ2v) is 3.67. The molecule has 0 aliphatic rings. The topological polar surface area (TPSA) is 18.5 Å². The van der Waals surface area contributed by atoms with Crippen LogP contribution < -0.4 is 9.47 Å². The molecule has 0 heterocycles. The number of hydrogen-bond donors (Lipinski definition) is 0. The van der Waals surface area contributed by atoms with E-state index < -0.39 is 6.43 Å². The van der Waals surface area contributed by atoms with Gasteiger partial charge in [-0.1, -0.05) is 0 Å². The van der Waals surface area contributed by atoms with E-state index in [1.165, 1.54) is 20.3 Å². The molecular formula is C9H9F2IO2. The number of halogens is 3. The van der Waals surface area contributed by atoms with Crippen molar-refractivity contribution in [3.8, 4) is 11.5 Å². The van der Waals surface area contributed by atoms with E-state index in [1.54, 1.807) is 6.07 Å². The van der Waals surface area contributed by atoms with Gasteiger partial charge >= 0.3 is 0 Å². The zero-order chi connectivity index (χ0) is 10.7. The van der Waals surface area contributed by atoms with Crippen LogP contribution in [0, 0.1) is 3.57 Å². The Hall–Kier alpha value is -0.590. The molecule has 1 rings (SSSR count). The van der Waals surface area contributed by atoms with E-state index in [-0.39, 0.29) is 11.3 Å². The minimum atomic E-state index is -2.56. The summed E-state index contributed by atoms with van der Waals surface area (Å²) < 4.78 is 35.7. The van der Waals surface area contributed by atoms with E-state index >= 15 is 0 Å². The van der Waals surface area contributed by atoms with Crippen molar-refractivity contribution < 1.29 is 18.3 Å². The fraction of sp³-hybridized carbons (Fsp3) is 0.333. The second-order valence-electron chi connectivity index (χ2n) is 2.50. The van der Waals surface area contributed by atoms with Crippen molar-refractivity contribution in [2.24, 2.45) is 0 Å². The van der Waals surface area contributed by atoms with Crippen LogP contribution in [-0.4, -0.2) is 14.2 Å². The highest BCUT2D eigenvalue weighted by Crippen LogP contribution is 2.39. The van der Waals surface area contributed by atoms with Crippen LogP contribution in [0.2, 0.25) is 0 Å². The molecule has 0 aromatic heterocycles. The molecule has 78 valence electrons. The van der Waals surface area contributed by atoms with E-state index in [2.05, 4.69) is 0 Å². The molecule has 14 heavy (non-hydrogen) atoms. The van der Waals surface area contributed by atoms with Crippen molar-refractivity contribution in [2.45, 2.75) is 6.43 Å². The average Bonchev–Trinajstić information content (AvgIpc) is 2.16. The number of benzene rings is 1. The van der Waals surface area contributed by atoms with Crippen molar-refractivity contribution in [1.29, 1.82) is 0 Å². The quantitative estimate of drug-likeness (QED) is 0.798. The molecule has 0 bridgehead atoms. The molecule has 0 aliphatic heterocycles. The summed E-state index contributed by atoms with van der Waals surface area (Å²) in [4.78, 5) is 0. The van der Waals surface area contributed by atoms with Crippen LogP contribution in [0.4, 0.5) is 8.78 Å². The Morgan fingerprint density at radius 1 is 1.14 bits per heavy atom. The smallest absolute Gasteiger partial charge is 0.267 e. The lowest BCUT2D eigenvalue weighted by Gasteiger charge is -2.13. The highest BCUT2D eigenvalue weighted by atomic mass is 127. The number of methoxy groups -OCH3 is 2. The van der Waals surface area contributed by atoms with Gasteiger partial charge in [-0.3, -0.25) is 0 Å². The minimum absolute atomic E-state index is 0.106. The lowest BCUT2D eigenvalue weighted by molar-refractivity contribution is 0.146. The molecule has 0 unspecified atom stereocenters. The predicted molar refractivity (Wildman–Crippen MR) is 57.2 cm³/mol. The first kappa shape index (κ1) is 11.5. The molecular weight excluding hydrogens is 305 g/mol. The van der Waals surface area contributed by atoms with Gasteiger partial charge in [-0.05, 0) is 34.7 Å². The van der Waals surface area contributed by atoms with Gasteiger partial charge in [0.15, 0.2) is 11.5 Å². The van der Waals surface area contributed by atoms with Gasteiger partial charge in [-0.25, -0.2) is 8.78 Å². The van der Waals surface area contributed by atoms with Crippen LogP contribution in [0.5, 0.6) is 11.5 Å². The first-order valence-corrected chi connectivity index (χ1v) is 4.88. The van der Waals surface area contributed by atoms with Gasteiger partial charge in [0.1, 0.15) is 0 Å². The standard InChI is InChI=1S/C9H9F2IO2/c1-13-7-5(9(10)11)3-4-6(12)8(7)14-2/h3-4,9H,1-2H3. The molecule has 1 aromatic carbocycles. The summed E-state index contributed by atoms with van der Waals surface area (Å²) in [6.45, 7) is 0. The maximum Gasteiger partial charge on any atom is 0.267 e. The normalized spacial score (nSPS) is 10.4. The summed E-state index contributed by atoms with van der Waals surface area (Å²) >= 11 is 2.00. The van der Waals surface area contributed by atoms with Crippen molar-refractivity contribution >= 4 is 22.6 Å². The molecule has 0 saturated carbocycles. The molecule has 2 nitrogen and oxygen atoms in total. The number of alkyl halides is 2. The van der Waals surface area contributed by atoms with Crippen LogP contribution in [0.15, 0.2) is 12.1 Å². The van der Waals surface area contributed by atoms with Gasteiger partial charge in [0, 0.05) is 0 Å². The summed E-state index contributed by atoms with van der Waals surface area (Å²) in [6, 6.07) is 2.91. The van der Waals surface area contributed by atoms with Gasteiger partial charge < -0.3 is 9.47 Å². The first-order valence-electron chi connectivity index (χ1n) is 3.80. The molecule has 5 heteroatoms. The Balaban J connectivity index is 3.33. The van der Waals surface area contributed by atoms with Gasteiger partial charge in [-0.15, -0.1) is 0 Å². The van der Waals surface area contributed by atoms with E-state index in [4.69, 9.17) is 9.47 Å². The summed E-state index contributed by atoms with van der Waals surface area (Å²) in [7, 11) is 2.77. The van der Waals surface area contributed by atoms with Crippen molar-refractivity contribution in [2.75, 3.05) is 14.2 Å². The predicted octanol–water partition coefficient (Wildman–Crippen LogP) is 3.25. The van der Waals surface area contributed by atoms with Crippen molar-refractivity contribution in [1.82, 2.24) is 0 Å². The van der Waals surface area contributed by atoms with Gasteiger partial charge in [0.05, 0.1) is 23.4 Å². The Labute approximate surface area is 94.3 Å². The maximum atomic E-state index is 12.5. The lowest BCUT2D eigenvalue weighted by atomic mass is 10.2. The summed E-state index contributed by atoms with van der Waals surface area (Å²) in [6.07, 6.45) is -2.56. The molecule has 0 atom stereocenters. The van der Waals surface area contributed by atoms with E-state index in [1.807, 2.05) is 22.6 Å². The highest BCUT2D eigenvalue weighted by Gasteiger charge is 2.19. The Kier molecular flexibility index (Phi) is 3.91. The maximum absolute atomic E-state index is 12.5. The molecule has 0 radical (unpaired) electrons. The summed E-state index contributed by atoms with van der Waals surface area (Å²) in [5.41, 5.74) is -0.148. The Morgan fingerprint density at radius 2 is 1.71 bits per heavy atom. The fourth-order valence-electron chi connectivity index (χ4n) is 1.13. The number of hydrogen-bond acceptors (Lipinski definition) is 2. The number of ether oxygens (including phenoxy) is 2. The average molecular weight is 314 g/mol. The SMILES string of the molecule is COc1c(I)ccc(C(F)F)c1OC. The minimum Gasteiger partial charge on any atom is -0.492 e. The molecule has 0 fully saturated rings. The molecule has 0 spiro atoms. The summed E-state index contributed by atoms with van der Waals surface area (Å²) in [5, 5.41) is 0. The lowest BCUT2D eigenvalue weighted by Crippen LogP contribution is -1.98. The van der Waals surface area contributed by atoms with Crippen LogP contribution in [0.25, 0.3) is 0 Å². The monoisotopic (exact) mass is 314 g/mol. The Morgan fingerprint density at radius 3 is 2.14 bits per heavy atom. The van der Waals surface area contributed by atoms with Gasteiger partial charge in [0.2, 0.25) is 0 Å². The van der Waals surface area contributed by atoms with E-state index in [0.29, 0.717) is 5.75 Å². The zero-order valence-electron chi connectivity index (χ0n) is 7.68. The molecule has 0 amide bonds. The summed E-state index contributed by atoms with van der Waals surface area (Å²) in [5.74, 6) is 0.459. The fourth-order valence-corrected chi connectivity index (χ4v) is 1.77. The van der Waals surface area contributed by atoms with Crippen molar-refractivity contribution in [3.63, 3.8) is 0 Å². The van der Waals surface area contributed by atoms with Crippen LogP contribution >= 0.6 is 22.6 Å². The third-order valence-corrected chi connectivity index (χ3v) is 2.59. The first-order chi connectivity index (χ1) is 6.61. The molecule has 0 N–H and O–H groups in total. The van der Waals surface area contributed by atoms with Gasteiger partial charge in [0.25, 0.3) is 6.43 Å². The van der Waals surface area contributed by atoms with Crippen LogP contribution in [0.3, 0.4) is 0 Å². The molecule has 1 aromatic rings. The van der Waals surface area contributed by atoms with Gasteiger partial charge in [-0.2, -0.15) is 0 Å². The van der Waals surface area contributed by atoms with E-state index in [9.17, 15) is 8.78 Å². The van der Waals surface area contributed by atoms with Crippen LogP contribution in [0.1, 0.15) is 12.0 Å². The zero-order valence-corrected chi connectivity index (χ0v) is 9.84. The third kappa shape index (κ3) is 2.08. The second kappa shape index (κ2) is 4.77. The largest absolute Gasteiger partial charge is 0.492 e. The van der Waals surface area contributed by atoms with Crippen molar-refractivity contribution in [3.05, 3.63) is 21.3 Å². The number of rotatable bonds is 3.